The van der Waals surface area contributed by atoms with Crippen LogP contribution in [0.15, 0.2) is 53.0 Å². The molecular weight excluding hydrogens is 430 g/mol. The number of hydrogen-bond acceptors (Lipinski definition) is 2. The number of rotatable bonds is 4. The lowest BCUT2D eigenvalue weighted by molar-refractivity contribution is -0.128. The summed E-state index contributed by atoms with van der Waals surface area (Å²) >= 11 is 3.49. The molecule has 3 aromatic rings. The van der Waals surface area contributed by atoms with Crippen molar-refractivity contribution in [3.05, 3.63) is 69.8 Å². The number of imide groups is 1. The SMILES string of the molecule is CCCCN1C(=O)[C@@H]2Cc3c([nH]c4ccccc34)[C@@H](c3ccc(Br)cc3)N2C1=O. The normalized spacial score (nSPS) is 21.0. The van der Waals surface area contributed by atoms with E-state index >= 15 is 0 Å². The number of H-pyrrole nitrogens is 1. The Morgan fingerprint density at radius 2 is 1.86 bits per heavy atom. The number of para-hydroxylation sites is 1. The number of benzene rings is 2. The maximum absolute atomic E-state index is 13.3. The fraction of sp³-hybridized carbons (Fsp3) is 0.304. The molecule has 2 aliphatic heterocycles. The number of aromatic nitrogens is 1. The molecule has 5 nitrogen and oxygen atoms in total. The minimum absolute atomic E-state index is 0.0681. The Labute approximate surface area is 177 Å². The Bertz CT molecular complexity index is 1110. The summed E-state index contributed by atoms with van der Waals surface area (Å²) in [6.45, 7) is 2.56. The van der Waals surface area contributed by atoms with E-state index in [1.54, 1.807) is 4.90 Å². The van der Waals surface area contributed by atoms with E-state index in [0.29, 0.717) is 13.0 Å². The largest absolute Gasteiger partial charge is 0.356 e. The van der Waals surface area contributed by atoms with Gasteiger partial charge in [-0.15, -0.1) is 0 Å². The van der Waals surface area contributed by atoms with Gasteiger partial charge in [-0.3, -0.25) is 14.6 Å². The van der Waals surface area contributed by atoms with Gasteiger partial charge in [0.15, 0.2) is 0 Å². The molecule has 0 radical (unpaired) electrons. The van der Waals surface area contributed by atoms with Gasteiger partial charge in [-0.1, -0.05) is 59.6 Å². The fourth-order valence-electron chi connectivity index (χ4n) is 4.64. The average molecular weight is 452 g/mol. The van der Waals surface area contributed by atoms with Gasteiger partial charge in [0.25, 0.3) is 5.91 Å². The lowest BCUT2D eigenvalue weighted by Gasteiger charge is -2.36. The van der Waals surface area contributed by atoms with Crippen molar-refractivity contribution in [1.82, 2.24) is 14.8 Å². The number of fused-ring (bicyclic) bond motifs is 4. The molecule has 0 aliphatic carbocycles. The van der Waals surface area contributed by atoms with Crippen LogP contribution >= 0.6 is 15.9 Å². The molecular formula is C23H22BrN3O2. The van der Waals surface area contributed by atoms with Crippen molar-refractivity contribution < 1.29 is 9.59 Å². The van der Waals surface area contributed by atoms with E-state index in [-0.39, 0.29) is 18.0 Å². The molecule has 148 valence electrons. The molecule has 2 aromatic carbocycles. The standard InChI is InChI=1S/C23H22BrN3O2/c1-2-3-12-26-22(28)19-13-17-16-6-4-5-7-18(16)25-20(17)21(27(19)23(26)29)14-8-10-15(24)11-9-14/h4-11,19,21,25H,2-3,12-13H2,1H3/t19-,21+/m0/s1. The first-order valence-electron chi connectivity index (χ1n) is 10.1. The van der Waals surface area contributed by atoms with Crippen molar-refractivity contribution in [3.8, 4) is 0 Å². The second-order valence-corrected chi connectivity index (χ2v) is 8.69. The minimum Gasteiger partial charge on any atom is -0.356 e. The third-order valence-corrected chi connectivity index (χ3v) is 6.58. The minimum atomic E-state index is -0.445. The van der Waals surface area contributed by atoms with Gasteiger partial charge in [0.2, 0.25) is 0 Å². The van der Waals surface area contributed by atoms with Crippen LogP contribution in [0.2, 0.25) is 0 Å². The first-order chi connectivity index (χ1) is 14.1. The van der Waals surface area contributed by atoms with Crippen LogP contribution in [0.25, 0.3) is 10.9 Å². The highest BCUT2D eigenvalue weighted by atomic mass is 79.9. The summed E-state index contributed by atoms with van der Waals surface area (Å²) in [4.78, 5) is 33.3. The quantitative estimate of drug-likeness (QED) is 0.566. The lowest BCUT2D eigenvalue weighted by atomic mass is 9.89. The zero-order valence-electron chi connectivity index (χ0n) is 16.2. The molecule has 1 saturated heterocycles. The van der Waals surface area contributed by atoms with Gasteiger partial charge < -0.3 is 4.98 Å². The van der Waals surface area contributed by atoms with E-state index < -0.39 is 6.04 Å². The monoisotopic (exact) mass is 451 g/mol. The van der Waals surface area contributed by atoms with Gasteiger partial charge in [-0.05, 0) is 35.7 Å². The maximum Gasteiger partial charge on any atom is 0.328 e. The number of nitrogens with zero attached hydrogens (tertiary/aromatic N) is 2. The highest BCUT2D eigenvalue weighted by Crippen LogP contribution is 2.44. The van der Waals surface area contributed by atoms with Crippen molar-refractivity contribution >= 4 is 38.8 Å². The number of aromatic amines is 1. The van der Waals surface area contributed by atoms with Crippen molar-refractivity contribution in [1.29, 1.82) is 0 Å². The molecule has 0 unspecified atom stereocenters. The zero-order chi connectivity index (χ0) is 20.1. The Morgan fingerprint density at radius 3 is 2.62 bits per heavy atom. The molecule has 1 aromatic heterocycles. The lowest BCUT2D eigenvalue weighted by Crippen LogP contribution is -2.44. The number of unbranched alkanes of at least 4 members (excludes halogenated alkanes) is 1. The van der Waals surface area contributed by atoms with Crippen LogP contribution in [0.4, 0.5) is 4.79 Å². The van der Waals surface area contributed by atoms with Gasteiger partial charge in [0.05, 0.1) is 0 Å². The summed E-state index contributed by atoms with van der Waals surface area (Å²) in [6, 6.07) is 15.3. The Morgan fingerprint density at radius 1 is 1.10 bits per heavy atom. The molecule has 2 aliphatic rings. The number of nitrogens with one attached hydrogen (secondary N) is 1. The van der Waals surface area contributed by atoms with E-state index in [1.165, 1.54) is 4.90 Å². The molecule has 2 atom stereocenters. The van der Waals surface area contributed by atoms with E-state index in [0.717, 1.165) is 45.0 Å². The van der Waals surface area contributed by atoms with Crippen LogP contribution in [-0.4, -0.2) is 39.3 Å². The Hall–Kier alpha value is -2.60. The van der Waals surface area contributed by atoms with Gasteiger partial charge in [-0.2, -0.15) is 0 Å². The zero-order valence-corrected chi connectivity index (χ0v) is 17.8. The fourth-order valence-corrected chi connectivity index (χ4v) is 4.91. The van der Waals surface area contributed by atoms with Gasteiger partial charge in [0, 0.05) is 34.0 Å². The highest BCUT2D eigenvalue weighted by molar-refractivity contribution is 9.10. The molecule has 5 rings (SSSR count). The van der Waals surface area contributed by atoms with Crippen LogP contribution in [-0.2, 0) is 11.2 Å². The number of halogens is 1. The van der Waals surface area contributed by atoms with Crippen LogP contribution in [0.3, 0.4) is 0 Å². The number of amides is 3. The first-order valence-corrected chi connectivity index (χ1v) is 10.9. The molecule has 29 heavy (non-hydrogen) atoms. The molecule has 3 amide bonds. The van der Waals surface area contributed by atoms with Gasteiger partial charge in [-0.25, -0.2) is 4.79 Å². The van der Waals surface area contributed by atoms with Crippen molar-refractivity contribution in [3.63, 3.8) is 0 Å². The summed E-state index contributed by atoms with van der Waals surface area (Å²) < 4.78 is 0.985. The molecule has 0 spiro atoms. The maximum atomic E-state index is 13.3. The van der Waals surface area contributed by atoms with Crippen molar-refractivity contribution in [2.24, 2.45) is 0 Å². The summed E-state index contributed by atoms with van der Waals surface area (Å²) in [6.07, 6.45) is 2.33. The van der Waals surface area contributed by atoms with Gasteiger partial charge >= 0.3 is 6.03 Å². The summed E-state index contributed by atoms with van der Waals surface area (Å²) in [7, 11) is 0. The molecule has 0 saturated carbocycles. The first kappa shape index (κ1) is 18.4. The molecule has 1 N–H and O–H groups in total. The van der Waals surface area contributed by atoms with Crippen LogP contribution in [0.5, 0.6) is 0 Å². The summed E-state index contributed by atoms with van der Waals surface area (Å²) in [5.41, 5.74) is 4.21. The molecule has 6 heteroatoms. The topological polar surface area (TPSA) is 56.4 Å². The molecule has 1 fully saturated rings. The van der Waals surface area contributed by atoms with Gasteiger partial charge in [0.1, 0.15) is 12.1 Å². The molecule has 3 heterocycles. The second-order valence-electron chi connectivity index (χ2n) is 7.77. The highest BCUT2D eigenvalue weighted by Gasteiger charge is 2.52. The average Bonchev–Trinajstić information content (AvgIpc) is 3.21. The third kappa shape index (κ3) is 2.81. The smallest absolute Gasteiger partial charge is 0.328 e. The number of hydrogen-bond donors (Lipinski definition) is 1. The summed E-state index contributed by atoms with van der Waals surface area (Å²) in [5.74, 6) is -0.0681. The second kappa shape index (κ2) is 7.02. The van der Waals surface area contributed by atoms with Crippen molar-refractivity contribution in [2.75, 3.05) is 6.54 Å². The Balaban J connectivity index is 1.68. The van der Waals surface area contributed by atoms with Crippen LogP contribution in [0.1, 0.15) is 42.6 Å². The van der Waals surface area contributed by atoms with Crippen LogP contribution in [0, 0.1) is 0 Å². The van der Waals surface area contributed by atoms with E-state index in [2.05, 4.69) is 40.0 Å². The summed E-state index contributed by atoms with van der Waals surface area (Å²) in [5, 5.41) is 1.14. The van der Waals surface area contributed by atoms with E-state index in [9.17, 15) is 9.59 Å². The van der Waals surface area contributed by atoms with Crippen LogP contribution < -0.4 is 0 Å². The number of carbonyl (C=O) groups is 2. The van der Waals surface area contributed by atoms with Crippen molar-refractivity contribution in [2.45, 2.75) is 38.3 Å². The predicted molar refractivity (Wildman–Crippen MR) is 116 cm³/mol. The van der Waals surface area contributed by atoms with E-state index in [1.807, 2.05) is 36.4 Å². The predicted octanol–water partition coefficient (Wildman–Crippen LogP) is 5.01. The number of urea groups is 1. The Kier molecular flexibility index (Phi) is 4.46. The molecule has 0 bridgehead atoms. The van der Waals surface area contributed by atoms with E-state index in [4.69, 9.17) is 0 Å². The third-order valence-electron chi connectivity index (χ3n) is 6.06. The number of carbonyl (C=O) groups excluding carboxylic acids is 2.